The summed E-state index contributed by atoms with van der Waals surface area (Å²) in [7, 11) is -3.30. The fourth-order valence-corrected chi connectivity index (χ4v) is 3.14. The number of anilines is 1. The summed E-state index contributed by atoms with van der Waals surface area (Å²) in [6.07, 6.45) is 6.37. The van der Waals surface area contributed by atoms with E-state index in [1.807, 2.05) is 6.92 Å². The molecule has 0 unspecified atom stereocenters. The Morgan fingerprint density at radius 3 is 2.40 bits per heavy atom. The van der Waals surface area contributed by atoms with Crippen molar-refractivity contribution in [2.75, 3.05) is 18.2 Å². The molecule has 9 heteroatoms. The number of carbonyl (C=O) groups is 1. The van der Waals surface area contributed by atoms with Crippen LogP contribution in [-0.2, 0) is 9.84 Å². The van der Waals surface area contributed by atoms with Crippen molar-refractivity contribution in [2.24, 2.45) is 0 Å². The van der Waals surface area contributed by atoms with Gasteiger partial charge in [0.25, 0.3) is 5.91 Å². The van der Waals surface area contributed by atoms with E-state index in [1.165, 1.54) is 30.7 Å². The fourth-order valence-electron chi connectivity index (χ4n) is 2.51. The normalized spacial score (nSPS) is 11.0. The number of nitrogens with one attached hydrogen (secondary N) is 1. The Balaban J connectivity index is 1.85. The minimum atomic E-state index is -3.30. The molecule has 0 atom stereocenters. The minimum absolute atomic E-state index is 0.193. The van der Waals surface area contributed by atoms with Crippen LogP contribution in [0.1, 0.15) is 23.7 Å². The average molecular weight is 427 g/mol. The highest BCUT2D eigenvalue weighted by molar-refractivity contribution is 7.90. The molecule has 30 heavy (non-hydrogen) atoms. The van der Waals surface area contributed by atoms with E-state index in [1.54, 1.807) is 30.3 Å². The molecule has 0 radical (unpaired) electrons. The van der Waals surface area contributed by atoms with Crippen molar-refractivity contribution in [2.45, 2.75) is 18.2 Å². The molecule has 0 aliphatic rings. The Morgan fingerprint density at radius 2 is 1.77 bits per heavy atom. The number of carbonyl (C=O) groups excluding carboxylic acids is 1. The molecule has 1 amide bonds. The largest absolute Gasteiger partial charge is 0.493 e. The molecule has 0 aliphatic carbocycles. The molecule has 1 N–H and O–H groups in total. The van der Waals surface area contributed by atoms with E-state index in [2.05, 4.69) is 15.3 Å². The van der Waals surface area contributed by atoms with Crippen LogP contribution in [0.5, 0.6) is 17.2 Å². The number of hydrogen-bond acceptors (Lipinski definition) is 7. The zero-order chi connectivity index (χ0) is 21.6. The zero-order valence-electron chi connectivity index (χ0n) is 16.5. The van der Waals surface area contributed by atoms with Gasteiger partial charge in [0.05, 0.1) is 17.7 Å². The van der Waals surface area contributed by atoms with E-state index in [0.29, 0.717) is 35.2 Å². The summed E-state index contributed by atoms with van der Waals surface area (Å²) in [5.74, 6) is 1.21. The van der Waals surface area contributed by atoms with Crippen LogP contribution in [0.25, 0.3) is 0 Å². The predicted molar refractivity (Wildman–Crippen MR) is 112 cm³/mol. The van der Waals surface area contributed by atoms with Crippen LogP contribution in [0.4, 0.5) is 5.82 Å². The Kier molecular flexibility index (Phi) is 6.63. The van der Waals surface area contributed by atoms with E-state index in [9.17, 15) is 13.2 Å². The Hall–Kier alpha value is -3.46. The Morgan fingerprint density at radius 1 is 1.03 bits per heavy atom. The van der Waals surface area contributed by atoms with Gasteiger partial charge < -0.3 is 14.8 Å². The van der Waals surface area contributed by atoms with Gasteiger partial charge >= 0.3 is 0 Å². The van der Waals surface area contributed by atoms with Crippen LogP contribution in [-0.4, -0.2) is 37.2 Å². The first-order chi connectivity index (χ1) is 14.3. The van der Waals surface area contributed by atoms with Gasteiger partial charge in [0.1, 0.15) is 17.2 Å². The maximum Gasteiger partial charge on any atom is 0.257 e. The number of ether oxygens (including phenoxy) is 2. The molecule has 2 aromatic carbocycles. The molecule has 0 saturated heterocycles. The molecule has 1 heterocycles. The lowest BCUT2D eigenvalue weighted by molar-refractivity contribution is 0.102. The SMILES string of the molecule is CCCOc1cc(Oc2ccc(S(C)(=O)=O)cc2)cc(C(=O)Nc2cnccn2)c1. The summed E-state index contributed by atoms with van der Waals surface area (Å²) < 4.78 is 34.7. The summed E-state index contributed by atoms with van der Waals surface area (Å²) in [5.41, 5.74) is 0.317. The van der Waals surface area contributed by atoms with Crippen molar-refractivity contribution in [3.05, 3.63) is 66.6 Å². The van der Waals surface area contributed by atoms with E-state index in [-0.39, 0.29) is 4.90 Å². The van der Waals surface area contributed by atoms with Gasteiger partial charge in [0, 0.05) is 30.3 Å². The third-order valence-electron chi connectivity index (χ3n) is 3.91. The predicted octanol–water partition coefficient (Wildman–Crippen LogP) is 3.71. The first-order valence-electron chi connectivity index (χ1n) is 9.18. The van der Waals surface area contributed by atoms with Crippen LogP contribution < -0.4 is 14.8 Å². The van der Waals surface area contributed by atoms with Crippen molar-refractivity contribution in [1.29, 1.82) is 0 Å². The first kappa shape index (κ1) is 21.3. The van der Waals surface area contributed by atoms with Crippen LogP contribution in [0, 0.1) is 0 Å². The van der Waals surface area contributed by atoms with Crippen LogP contribution >= 0.6 is 0 Å². The lowest BCUT2D eigenvalue weighted by Gasteiger charge is -2.12. The van der Waals surface area contributed by atoms with E-state index >= 15 is 0 Å². The summed E-state index contributed by atoms with van der Waals surface area (Å²) in [5, 5.41) is 2.67. The smallest absolute Gasteiger partial charge is 0.257 e. The molecule has 0 saturated carbocycles. The molecule has 8 nitrogen and oxygen atoms in total. The van der Waals surface area contributed by atoms with E-state index in [4.69, 9.17) is 9.47 Å². The van der Waals surface area contributed by atoms with Gasteiger partial charge in [-0.05, 0) is 42.8 Å². The van der Waals surface area contributed by atoms with Gasteiger partial charge in [-0.2, -0.15) is 0 Å². The van der Waals surface area contributed by atoms with Crippen molar-refractivity contribution in [3.63, 3.8) is 0 Å². The van der Waals surface area contributed by atoms with Crippen molar-refractivity contribution in [1.82, 2.24) is 9.97 Å². The fraction of sp³-hybridized carbons (Fsp3) is 0.190. The van der Waals surface area contributed by atoms with Crippen molar-refractivity contribution in [3.8, 4) is 17.2 Å². The number of aromatic nitrogens is 2. The molecule has 3 rings (SSSR count). The summed E-state index contributed by atoms with van der Waals surface area (Å²) >= 11 is 0. The molecular weight excluding hydrogens is 406 g/mol. The number of rotatable bonds is 8. The van der Waals surface area contributed by atoms with Gasteiger partial charge in [-0.15, -0.1) is 0 Å². The maximum atomic E-state index is 12.6. The van der Waals surface area contributed by atoms with Gasteiger partial charge in [-0.1, -0.05) is 6.92 Å². The number of sulfone groups is 1. The number of hydrogen-bond donors (Lipinski definition) is 1. The first-order valence-corrected chi connectivity index (χ1v) is 11.1. The highest BCUT2D eigenvalue weighted by atomic mass is 32.2. The van der Waals surface area contributed by atoms with E-state index < -0.39 is 15.7 Å². The van der Waals surface area contributed by atoms with Crippen molar-refractivity contribution < 1.29 is 22.7 Å². The second-order valence-corrected chi connectivity index (χ2v) is 8.45. The van der Waals surface area contributed by atoms with Gasteiger partial charge in [-0.3, -0.25) is 9.78 Å². The monoisotopic (exact) mass is 427 g/mol. The lowest BCUT2D eigenvalue weighted by atomic mass is 10.2. The van der Waals surface area contributed by atoms with E-state index in [0.717, 1.165) is 12.7 Å². The van der Waals surface area contributed by atoms with Gasteiger partial charge in [0.15, 0.2) is 15.7 Å². The molecule has 0 bridgehead atoms. The quantitative estimate of drug-likeness (QED) is 0.584. The zero-order valence-corrected chi connectivity index (χ0v) is 17.3. The van der Waals surface area contributed by atoms with Gasteiger partial charge in [0.2, 0.25) is 0 Å². The topological polar surface area (TPSA) is 107 Å². The lowest BCUT2D eigenvalue weighted by Crippen LogP contribution is -2.13. The molecule has 0 aliphatic heterocycles. The molecule has 156 valence electrons. The highest BCUT2D eigenvalue weighted by Gasteiger charge is 2.13. The molecule has 3 aromatic rings. The number of nitrogens with zero attached hydrogens (tertiary/aromatic N) is 2. The summed E-state index contributed by atoms with van der Waals surface area (Å²) in [6.45, 7) is 2.46. The number of amides is 1. The van der Waals surface area contributed by atoms with Gasteiger partial charge in [-0.25, -0.2) is 13.4 Å². The molecule has 0 fully saturated rings. The second-order valence-electron chi connectivity index (χ2n) is 6.43. The molecule has 0 spiro atoms. The summed E-state index contributed by atoms with van der Waals surface area (Å²) in [6, 6.07) is 10.9. The second kappa shape index (κ2) is 9.36. The minimum Gasteiger partial charge on any atom is -0.493 e. The molecular formula is C21H21N3O5S. The average Bonchev–Trinajstić information content (AvgIpc) is 2.72. The Labute approximate surface area is 174 Å². The molecule has 1 aromatic heterocycles. The number of benzene rings is 2. The highest BCUT2D eigenvalue weighted by Crippen LogP contribution is 2.29. The van der Waals surface area contributed by atoms with Crippen molar-refractivity contribution >= 4 is 21.6 Å². The van der Waals surface area contributed by atoms with Crippen LogP contribution in [0.3, 0.4) is 0 Å². The Bertz CT molecular complexity index is 1120. The third-order valence-corrected chi connectivity index (χ3v) is 5.04. The van der Waals surface area contributed by atoms with Crippen LogP contribution in [0.2, 0.25) is 0 Å². The standard InChI is InChI=1S/C21H21N3O5S/c1-3-10-28-17-11-15(21(25)24-20-14-22-8-9-23-20)12-18(13-17)29-16-4-6-19(7-5-16)30(2,26)27/h4-9,11-14H,3,10H2,1-2H3,(H,23,24,25). The summed E-state index contributed by atoms with van der Waals surface area (Å²) in [4.78, 5) is 20.8. The maximum absolute atomic E-state index is 12.6. The third kappa shape index (κ3) is 5.77. The van der Waals surface area contributed by atoms with Crippen LogP contribution in [0.15, 0.2) is 66.0 Å².